The van der Waals surface area contributed by atoms with Crippen LogP contribution in [0, 0.1) is 5.92 Å². The summed E-state index contributed by atoms with van der Waals surface area (Å²) in [4.78, 5) is 11.1. The van der Waals surface area contributed by atoms with E-state index in [1.54, 1.807) is 6.07 Å². The van der Waals surface area contributed by atoms with Gasteiger partial charge in [0.1, 0.15) is 0 Å². The Morgan fingerprint density at radius 3 is 2.50 bits per heavy atom. The van der Waals surface area contributed by atoms with E-state index in [2.05, 4.69) is 42.0 Å². The third-order valence-electron chi connectivity index (χ3n) is 3.36. The Morgan fingerprint density at radius 1 is 1.50 bits per heavy atom. The minimum Gasteiger partial charge on any atom is -0.378 e. The fourth-order valence-electron chi connectivity index (χ4n) is 1.55. The topological polar surface area (TPSA) is 81.1 Å². The summed E-state index contributed by atoms with van der Waals surface area (Å²) < 4.78 is 0.683. The van der Waals surface area contributed by atoms with Gasteiger partial charge in [0.2, 0.25) is 5.91 Å². The predicted molar refractivity (Wildman–Crippen MR) is 78.6 cm³/mol. The van der Waals surface area contributed by atoms with Gasteiger partial charge in [-0.1, -0.05) is 13.8 Å². The molecule has 1 unspecified atom stereocenters. The van der Waals surface area contributed by atoms with Gasteiger partial charge in [-0.05, 0) is 47.0 Å². The molecule has 0 saturated heterocycles. The monoisotopic (exact) mass is 313 g/mol. The van der Waals surface area contributed by atoms with Crippen molar-refractivity contribution in [1.29, 1.82) is 0 Å². The van der Waals surface area contributed by atoms with Crippen LogP contribution in [0.1, 0.15) is 31.1 Å². The van der Waals surface area contributed by atoms with Crippen LogP contribution in [0.25, 0.3) is 0 Å². The highest BCUT2D eigenvalue weighted by atomic mass is 79.9. The number of halogens is 1. The third-order valence-corrected chi connectivity index (χ3v) is 4.02. The zero-order valence-corrected chi connectivity index (χ0v) is 12.5. The molecule has 0 spiro atoms. The first-order valence-corrected chi connectivity index (χ1v) is 6.67. The Kier molecular flexibility index (Phi) is 4.76. The van der Waals surface area contributed by atoms with Crippen molar-refractivity contribution in [3.05, 3.63) is 28.2 Å². The molecule has 0 aliphatic heterocycles. The molecule has 4 nitrogen and oxygen atoms in total. The van der Waals surface area contributed by atoms with E-state index >= 15 is 0 Å². The SMILES string of the molecule is CC(C)C(C)(CN)Nc1ccc(C(N)=O)c(Br)c1. The van der Waals surface area contributed by atoms with Gasteiger partial charge in [0.05, 0.1) is 5.56 Å². The first kappa shape index (κ1) is 15.0. The van der Waals surface area contributed by atoms with Crippen molar-refractivity contribution in [1.82, 2.24) is 0 Å². The number of carbonyl (C=O) groups is 1. The van der Waals surface area contributed by atoms with E-state index in [9.17, 15) is 4.79 Å². The van der Waals surface area contributed by atoms with Crippen LogP contribution < -0.4 is 16.8 Å². The molecular weight excluding hydrogens is 294 g/mol. The van der Waals surface area contributed by atoms with Gasteiger partial charge < -0.3 is 16.8 Å². The minimum atomic E-state index is -0.445. The lowest BCUT2D eigenvalue weighted by Gasteiger charge is -2.34. The van der Waals surface area contributed by atoms with Crippen LogP contribution in [0.15, 0.2) is 22.7 Å². The average molecular weight is 314 g/mol. The maximum absolute atomic E-state index is 11.1. The number of nitrogens with two attached hydrogens (primary N) is 2. The molecule has 1 aromatic carbocycles. The molecule has 1 aromatic rings. The normalized spacial score (nSPS) is 14.3. The molecule has 0 aromatic heterocycles. The minimum absolute atomic E-state index is 0.187. The number of hydrogen-bond acceptors (Lipinski definition) is 3. The quantitative estimate of drug-likeness (QED) is 0.780. The van der Waals surface area contributed by atoms with Crippen molar-refractivity contribution in [2.45, 2.75) is 26.3 Å². The van der Waals surface area contributed by atoms with Crippen LogP contribution in [-0.4, -0.2) is 18.0 Å². The molecule has 0 saturated carbocycles. The summed E-state index contributed by atoms with van der Waals surface area (Å²) in [5.74, 6) is -0.0593. The molecule has 0 radical (unpaired) electrons. The maximum atomic E-state index is 11.1. The number of benzene rings is 1. The Morgan fingerprint density at radius 2 is 2.11 bits per heavy atom. The fraction of sp³-hybridized carbons (Fsp3) is 0.462. The molecule has 1 amide bonds. The molecule has 0 heterocycles. The first-order chi connectivity index (χ1) is 8.30. The van der Waals surface area contributed by atoms with Crippen molar-refractivity contribution in [3.63, 3.8) is 0 Å². The summed E-state index contributed by atoms with van der Waals surface area (Å²) in [6.07, 6.45) is 0. The number of rotatable bonds is 5. The van der Waals surface area contributed by atoms with Gasteiger partial charge in [0.25, 0.3) is 0 Å². The highest BCUT2D eigenvalue weighted by molar-refractivity contribution is 9.10. The highest BCUT2D eigenvalue weighted by Crippen LogP contribution is 2.26. The molecular formula is C13H20BrN3O. The number of anilines is 1. The lowest BCUT2D eigenvalue weighted by atomic mass is 9.88. The molecule has 0 aliphatic rings. The highest BCUT2D eigenvalue weighted by Gasteiger charge is 2.26. The smallest absolute Gasteiger partial charge is 0.249 e. The second-order valence-corrected chi connectivity index (χ2v) is 5.81. The van der Waals surface area contributed by atoms with Crippen molar-refractivity contribution in [2.24, 2.45) is 17.4 Å². The largest absolute Gasteiger partial charge is 0.378 e. The standard InChI is InChI=1S/C13H20BrN3O/c1-8(2)13(3,7-15)17-9-4-5-10(12(16)18)11(14)6-9/h4-6,8,17H,7,15H2,1-3H3,(H2,16,18). The van der Waals surface area contributed by atoms with E-state index in [-0.39, 0.29) is 5.54 Å². The van der Waals surface area contributed by atoms with Gasteiger partial charge in [0, 0.05) is 22.2 Å². The molecule has 18 heavy (non-hydrogen) atoms. The summed E-state index contributed by atoms with van der Waals surface area (Å²) in [6.45, 7) is 6.84. The van der Waals surface area contributed by atoms with Crippen molar-refractivity contribution in [2.75, 3.05) is 11.9 Å². The van der Waals surface area contributed by atoms with Gasteiger partial charge >= 0.3 is 0 Å². The number of primary amides is 1. The van der Waals surface area contributed by atoms with Crippen LogP contribution >= 0.6 is 15.9 Å². The maximum Gasteiger partial charge on any atom is 0.249 e. The molecule has 1 rings (SSSR count). The number of carbonyl (C=O) groups excluding carboxylic acids is 1. The number of nitrogens with one attached hydrogen (secondary N) is 1. The summed E-state index contributed by atoms with van der Waals surface area (Å²) in [6, 6.07) is 5.38. The van der Waals surface area contributed by atoms with Crippen molar-refractivity contribution >= 4 is 27.5 Å². The van der Waals surface area contributed by atoms with Crippen LogP contribution in [-0.2, 0) is 0 Å². The van der Waals surface area contributed by atoms with E-state index in [1.165, 1.54) is 0 Å². The molecule has 1 atom stereocenters. The van der Waals surface area contributed by atoms with E-state index in [4.69, 9.17) is 11.5 Å². The zero-order chi connectivity index (χ0) is 13.9. The van der Waals surface area contributed by atoms with Crippen LogP contribution in [0.3, 0.4) is 0 Å². The molecule has 0 aliphatic carbocycles. The average Bonchev–Trinajstić information content (AvgIpc) is 2.28. The fourth-order valence-corrected chi connectivity index (χ4v) is 2.13. The van der Waals surface area contributed by atoms with Crippen molar-refractivity contribution in [3.8, 4) is 0 Å². The number of hydrogen-bond donors (Lipinski definition) is 3. The van der Waals surface area contributed by atoms with Gasteiger partial charge in [-0.2, -0.15) is 0 Å². The molecule has 5 heteroatoms. The van der Waals surface area contributed by atoms with Crippen LogP contribution in [0.4, 0.5) is 5.69 Å². The molecule has 0 bridgehead atoms. The van der Waals surface area contributed by atoms with Gasteiger partial charge in [0.15, 0.2) is 0 Å². The first-order valence-electron chi connectivity index (χ1n) is 5.87. The summed E-state index contributed by atoms with van der Waals surface area (Å²) in [5.41, 5.74) is 12.3. The Balaban J connectivity index is 2.99. The molecule has 0 fully saturated rings. The Labute approximate surface area is 116 Å². The van der Waals surface area contributed by atoms with E-state index in [0.717, 1.165) is 5.69 Å². The third kappa shape index (κ3) is 3.23. The van der Waals surface area contributed by atoms with E-state index < -0.39 is 5.91 Å². The lowest BCUT2D eigenvalue weighted by molar-refractivity contribution is 0.0999. The molecule has 5 N–H and O–H groups in total. The second kappa shape index (κ2) is 5.71. The number of amides is 1. The zero-order valence-electron chi connectivity index (χ0n) is 11.0. The van der Waals surface area contributed by atoms with Crippen LogP contribution in [0.5, 0.6) is 0 Å². The predicted octanol–water partition coefficient (Wildman–Crippen LogP) is 2.33. The van der Waals surface area contributed by atoms with Gasteiger partial charge in [-0.25, -0.2) is 0 Å². The summed E-state index contributed by atoms with van der Waals surface area (Å²) in [5, 5.41) is 3.40. The molecule has 100 valence electrons. The van der Waals surface area contributed by atoms with E-state index in [0.29, 0.717) is 22.5 Å². The second-order valence-electron chi connectivity index (χ2n) is 4.96. The Hall–Kier alpha value is -1.07. The Bertz CT molecular complexity index is 448. The summed E-state index contributed by atoms with van der Waals surface area (Å²) >= 11 is 3.34. The van der Waals surface area contributed by atoms with Crippen LogP contribution in [0.2, 0.25) is 0 Å². The van der Waals surface area contributed by atoms with Gasteiger partial charge in [-0.15, -0.1) is 0 Å². The lowest BCUT2D eigenvalue weighted by Crippen LogP contribution is -2.47. The van der Waals surface area contributed by atoms with E-state index in [1.807, 2.05) is 12.1 Å². The summed E-state index contributed by atoms with van der Waals surface area (Å²) in [7, 11) is 0. The van der Waals surface area contributed by atoms with Gasteiger partial charge in [-0.3, -0.25) is 4.79 Å². The van der Waals surface area contributed by atoms with Crippen molar-refractivity contribution < 1.29 is 4.79 Å².